The van der Waals surface area contributed by atoms with Crippen molar-refractivity contribution >= 4 is 27.4 Å². The van der Waals surface area contributed by atoms with E-state index in [1.165, 1.54) is 37.3 Å². The first-order valence-electron chi connectivity index (χ1n) is 6.16. The van der Waals surface area contributed by atoms with Crippen LogP contribution in [0.2, 0.25) is 5.02 Å². The molecule has 2 aromatic carbocycles. The lowest BCUT2D eigenvalue weighted by Crippen LogP contribution is -2.10. The number of nitro benzene ring substituents is 1. The summed E-state index contributed by atoms with van der Waals surface area (Å²) >= 11 is 5.86. The number of benzene rings is 2. The van der Waals surface area contributed by atoms with Crippen molar-refractivity contribution in [2.45, 2.75) is 18.7 Å². The largest absolute Gasteiger partial charge is 0.379 e. The topological polar surface area (TPSA) is 86.5 Å². The Kier molecular flexibility index (Phi) is 4.39. The van der Waals surface area contributed by atoms with E-state index in [-0.39, 0.29) is 16.3 Å². The zero-order chi connectivity index (χ0) is 16.5. The molecule has 0 saturated heterocycles. The third-order valence-electron chi connectivity index (χ3n) is 3.00. The summed E-state index contributed by atoms with van der Waals surface area (Å²) in [5.41, 5.74) is 0.743. The van der Waals surface area contributed by atoms with Crippen LogP contribution in [0.4, 0.5) is 5.69 Å². The summed E-state index contributed by atoms with van der Waals surface area (Å²) in [6.07, 6.45) is 0. The molecule has 0 aliphatic heterocycles. The summed E-state index contributed by atoms with van der Waals surface area (Å²) in [5, 5.41) is 11.4. The van der Waals surface area contributed by atoms with Gasteiger partial charge in [-0.3, -0.25) is 10.1 Å². The average Bonchev–Trinajstić information content (AvgIpc) is 2.42. The molecule has 2 aromatic rings. The molecule has 116 valence electrons. The van der Waals surface area contributed by atoms with Gasteiger partial charge in [0.15, 0.2) is 0 Å². The normalized spacial score (nSPS) is 11.2. The van der Waals surface area contributed by atoms with Crippen LogP contribution in [0.3, 0.4) is 0 Å². The minimum atomic E-state index is -4.16. The van der Waals surface area contributed by atoms with E-state index in [9.17, 15) is 18.5 Å². The van der Waals surface area contributed by atoms with Crippen LogP contribution >= 0.6 is 11.6 Å². The molecular weight excluding hydrogens is 330 g/mol. The number of hydrogen-bond acceptors (Lipinski definition) is 5. The maximum Gasteiger partial charge on any atom is 0.339 e. The fraction of sp³-hybridized carbons (Fsp3) is 0.143. The monoisotopic (exact) mass is 341 g/mol. The van der Waals surface area contributed by atoms with Gasteiger partial charge in [-0.05, 0) is 43.7 Å². The van der Waals surface area contributed by atoms with Crippen molar-refractivity contribution in [1.82, 2.24) is 0 Å². The molecule has 0 radical (unpaired) electrons. The van der Waals surface area contributed by atoms with Gasteiger partial charge >= 0.3 is 10.1 Å². The van der Waals surface area contributed by atoms with E-state index in [1.54, 1.807) is 6.92 Å². The molecule has 0 spiro atoms. The van der Waals surface area contributed by atoms with Crippen LogP contribution in [0.1, 0.15) is 11.1 Å². The second-order valence-electron chi connectivity index (χ2n) is 4.65. The fourth-order valence-corrected chi connectivity index (χ4v) is 2.85. The Balaban J connectivity index is 2.40. The number of nitrogens with zero attached hydrogens (tertiary/aromatic N) is 1. The van der Waals surface area contributed by atoms with Crippen molar-refractivity contribution in [2.75, 3.05) is 0 Å². The van der Waals surface area contributed by atoms with Gasteiger partial charge in [0.25, 0.3) is 5.69 Å². The summed E-state index contributed by atoms with van der Waals surface area (Å²) in [6.45, 7) is 3.23. The van der Waals surface area contributed by atoms with Gasteiger partial charge < -0.3 is 4.18 Å². The molecule has 22 heavy (non-hydrogen) atoms. The van der Waals surface area contributed by atoms with Crippen LogP contribution in [0.15, 0.2) is 41.3 Å². The van der Waals surface area contributed by atoms with Gasteiger partial charge in [-0.2, -0.15) is 8.42 Å². The number of nitro groups is 1. The Morgan fingerprint density at radius 2 is 1.77 bits per heavy atom. The lowest BCUT2D eigenvalue weighted by molar-refractivity contribution is -0.385. The van der Waals surface area contributed by atoms with Crippen LogP contribution in [0.25, 0.3) is 0 Å². The van der Waals surface area contributed by atoms with E-state index < -0.39 is 15.0 Å². The summed E-state index contributed by atoms with van der Waals surface area (Å²) in [5.74, 6) is 0.0881. The van der Waals surface area contributed by atoms with Gasteiger partial charge in [-0.15, -0.1) is 0 Å². The van der Waals surface area contributed by atoms with Crippen molar-refractivity contribution in [3.05, 3.63) is 62.7 Å². The minimum absolute atomic E-state index is 0.0881. The SMILES string of the molecule is Cc1cc(OS(=O)(=O)c2ccc(C)c([N+](=O)[O-])c2)ccc1Cl. The lowest BCUT2D eigenvalue weighted by atomic mass is 10.2. The molecule has 0 atom stereocenters. The highest BCUT2D eigenvalue weighted by atomic mass is 35.5. The summed E-state index contributed by atoms with van der Waals surface area (Å²) in [4.78, 5) is 9.98. The molecule has 0 aliphatic carbocycles. The zero-order valence-electron chi connectivity index (χ0n) is 11.7. The van der Waals surface area contributed by atoms with E-state index >= 15 is 0 Å². The minimum Gasteiger partial charge on any atom is -0.379 e. The molecule has 2 rings (SSSR count). The summed E-state index contributed by atoms with van der Waals surface area (Å²) in [7, 11) is -4.16. The average molecular weight is 342 g/mol. The number of halogens is 1. The van der Waals surface area contributed by atoms with Crippen molar-refractivity contribution in [3.8, 4) is 5.75 Å². The predicted octanol–water partition coefficient (Wildman–Crippen LogP) is 3.63. The van der Waals surface area contributed by atoms with E-state index in [1.807, 2.05) is 0 Å². The van der Waals surface area contributed by atoms with Crippen molar-refractivity contribution in [3.63, 3.8) is 0 Å². The first-order chi connectivity index (χ1) is 10.2. The maximum absolute atomic E-state index is 12.2. The number of aryl methyl sites for hydroxylation is 2. The lowest BCUT2D eigenvalue weighted by Gasteiger charge is -2.08. The van der Waals surface area contributed by atoms with Crippen LogP contribution in [-0.2, 0) is 10.1 Å². The standard InChI is InChI=1S/C14H12ClNO5S/c1-9-3-5-12(8-14(9)16(17)18)22(19,20)21-11-4-6-13(15)10(2)7-11/h3-8H,1-2H3. The number of hydrogen-bond donors (Lipinski definition) is 0. The quantitative estimate of drug-likeness (QED) is 0.481. The molecule has 6 nitrogen and oxygen atoms in total. The predicted molar refractivity (Wildman–Crippen MR) is 81.8 cm³/mol. The molecule has 8 heteroatoms. The Labute approximate surface area is 132 Å². The molecule has 0 fully saturated rings. The second-order valence-corrected chi connectivity index (χ2v) is 6.61. The number of rotatable bonds is 4. The highest BCUT2D eigenvalue weighted by Crippen LogP contribution is 2.27. The Morgan fingerprint density at radius 3 is 2.36 bits per heavy atom. The van der Waals surface area contributed by atoms with Crippen LogP contribution in [0, 0.1) is 24.0 Å². The van der Waals surface area contributed by atoms with Gasteiger partial charge in [-0.25, -0.2) is 0 Å². The Hall–Kier alpha value is -2.12. The molecule has 0 amide bonds. The van der Waals surface area contributed by atoms with Crippen molar-refractivity contribution in [2.24, 2.45) is 0 Å². The van der Waals surface area contributed by atoms with Gasteiger partial charge in [0.05, 0.1) is 4.92 Å². The third kappa shape index (κ3) is 3.37. The highest BCUT2D eigenvalue weighted by Gasteiger charge is 2.21. The Morgan fingerprint density at radius 1 is 1.09 bits per heavy atom. The molecule has 0 saturated carbocycles. The first-order valence-corrected chi connectivity index (χ1v) is 7.95. The van der Waals surface area contributed by atoms with E-state index in [0.717, 1.165) is 6.07 Å². The van der Waals surface area contributed by atoms with E-state index in [2.05, 4.69) is 0 Å². The van der Waals surface area contributed by atoms with Crippen LogP contribution < -0.4 is 4.18 Å². The third-order valence-corrected chi connectivity index (χ3v) is 4.67. The van der Waals surface area contributed by atoms with Gasteiger partial charge in [0.2, 0.25) is 0 Å². The smallest absolute Gasteiger partial charge is 0.339 e. The van der Waals surface area contributed by atoms with Crippen LogP contribution in [-0.4, -0.2) is 13.3 Å². The van der Waals surface area contributed by atoms with E-state index in [0.29, 0.717) is 16.1 Å². The highest BCUT2D eigenvalue weighted by molar-refractivity contribution is 7.87. The maximum atomic E-state index is 12.2. The molecule has 0 N–H and O–H groups in total. The van der Waals surface area contributed by atoms with Gasteiger partial charge in [0, 0.05) is 16.7 Å². The zero-order valence-corrected chi connectivity index (χ0v) is 13.3. The molecule has 0 aliphatic rings. The molecule has 0 heterocycles. The Bertz CT molecular complexity index is 848. The van der Waals surface area contributed by atoms with Gasteiger partial charge in [-0.1, -0.05) is 17.7 Å². The van der Waals surface area contributed by atoms with Crippen molar-refractivity contribution in [1.29, 1.82) is 0 Å². The second kappa shape index (κ2) is 5.94. The fourth-order valence-electron chi connectivity index (χ4n) is 1.79. The van der Waals surface area contributed by atoms with Crippen molar-refractivity contribution < 1.29 is 17.5 Å². The van der Waals surface area contributed by atoms with Gasteiger partial charge in [0.1, 0.15) is 10.6 Å². The first kappa shape index (κ1) is 16.3. The molecule has 0 aromatic heterocycles. The summed E-state index contributed by atoms with van der Waals surface area (Å²) < 4.78 is 29.4. The van der Waals surface area contributed by atoms with E-state index in [4.69, 9.17) is 15.8 Å². The molecule has 0 unspecified atom stereocenters. The summed E-state index contributed by atoms with van der Waals surface area (Å²) in [6, 6.07) is 8.01. The molecular formula is C14H12ClNO5S. The molecule has 0 bridgehead atoms. The van der Waals surface area contributed by atoms with Crippen LogP contribution in [0.5, 0.6) is 5.75 Å².